The predicted octanol–water partition coefficient (Wildman–Crippen LogP) is -0.210. The Morgan fingerprint density at radius 3 is 1.46 bits per heavy atom. The fourth-order valence-electron chi connectivity index (χ4n) is 0. The third kappa shape index (κ3) is 771. The molecule has 0 aromatic rings. The van der Waals surface area contributed by atoms with Gasteiger partial charge in [-0.05, 0) is 0 Å². The van der Waals surface area contributed by atoms with Gasteiger partial charge in [0.2, 0.25) is 6.41 Å². The lowest BCUT2D eigenvalue weighted by Crippen LogP contribution is -2.06. The molecule has 0 atom stereocenters. The molecule has 0 heterocycles. The summed E-state index contributed by atoms with van der Waals surface area (Å²) in [5.41, 5.74) is 0. The maximum atomic E-state index is 9.56. The third-order valence-electron chi connectivity index (χ3n) is 0.211. The van der Waals surface area contributed by atoms with Gasteiger partial charge in [0.15, 0.2) is 0 Å². The Hall–Kier alpha value is -0.910. The van der Waals surface area contributed by atoms with E-state index >= 15 is 0 Å². The van der Waals surface area contributed by atoms with Gasteiger partial charge >= 0.3 is 0 Å². The molecule has 80 valence electrons. The topological polar surface area (TPSA) is 74.7 Å². The monoisotopic (exact) mass is 211 g/mol. The summed E-state index contributed by atoms with van der Waals surface area (Å²) in [5.74, 6) is -0.833. The summed E-state index contributed by atoms with van der Waals surface area (Å²) in [5, 5.41) is 7.42. The highest BCUT2D eigenvalue weighted by Crippen LogP contribution is 1.52. The molecule has 6 heteroatoms. The van der Waals surface area contributed by atoms with Crippen molar-refractivity contribution in [1.29, 1.82) is 0 Å². The molecule has 0 saturated carbocycles. The molecule has 0 rings (SSSR count). The molecule has 0 aromatic heterocycles. The Balaban J connectivity index is -0.000000117. The van der Waals surface area contributed by atoms with E-state index in [9.17, 15) is 9.00 Å². The van der Waals surface area contributed by atoms with Crippen molar-refractivity contribution < 1.29 is 18.9 Å². The molecule has 0 radical (unpaired) electrons. The summed E-state index contributed by atoms with van der Waals surface area (Å²) in [6.07, 6.45) is 4.03. The number of carboxylic acid groups (broad SMARTS) is 1. The fraction of sp³-hybridized carbons (Fsp3) is 0.714. The van der Waals surface area contributed by atoms with Crippen LogP contribution in [0.25, 0.3) is 0 Å². The van der Waals surface area contributed by atoms with Gasteiger partial charge in [-0.2, -0.15) is 0 Å². The highest BCUT2D eigenvalue weighted by molar-refractivity contribution is 7.83. The van der Waals surface area contributed by atoms with Crippen LogP contribution in [0.5, 0.6) is 0 Å². The van der Waals surface area contributed by atoms with Crippen molar-refractivity contribution in [2.24, 2.45) is 0 Å². The van der Waals surface area contributed by atoms with E-state index in [-0.39, 0.29) is 0 Å². The number of carbonyl (C=O) groups is 2. The summed E-state index contributed by atoms with van der Waals surface area (Å²) in [7, 11) is 2.76. The molecule has 1 N–H and O–H groups in total. The van der Waals surface area contributed by atoms with Crippen LogP contribution < -0.4 is 0 Å². The Bertz CT molecular complexity index is 139. The summed E-state index contributed by atoms with van der Waals surface area (Å²) in [4.78, 5) is 19.9. The van der Waals surface area contributed by atoms with Crippen LogP contribution in [0.15, 0.2) is 0 Å². The lowest BCUT2D eigenvalue weighted by Gasteiger charge is -1.93. The van der Waals surface area contributed by atoms with Gasteiger partial charge in [-0.1, -0.05) is 0 Å². The Morgan fingerprint density at radius 1 is 1.38 bits per heavy atom. The smallest absolute Gasteiger partial charge is 0.300 e. The maximum absolute atomic E-state index is 9.56. The molecule has 13 heavy (non-hydrogen) atoms. The third-order valence-corrected chi connectivity index (χ3v) is 0.211. The van der Waals surface area contributed by atoms with Gasteiger partial charge in [0.25, 0.3) is 5.97 Å². The van der Waals surface area contributed by atoms with Gasteiger partial charge in [0, 0.05) is 44.3 Å². The summed E-state index contributed by atoms with van der Waals surface area (Å²) in [6, 6.07) is 0. The van der Waals surface area contributed by atoms with E-state index in [1.165, 1.54) is 4.90 Å². The molecule has 1 amide bonds. The number of hydrogen-bond donors (Lipinski definition) is 1. The van der Waals surface area contributed by atoms with Crippen molar-refractivity contribution >= 4 is 23.2 Å². The van der Waals surface area contributed by atoms with Crippen molar-refractivity contribution in [3.63, 3.8) is 0 Å². The van der Waals surface area contributed by atoms with Crippen LogP contribution in [0, 0.1) is 0 Å². The van der Waals surface area contributed by atoms with E-state index in [0.29, 0.717) is 0 Å². The highest BCUT2D eigenvalue weighted by Gasteiger charge is 1.68. The van der Waals surface area contributed by atoms with E-state index < -0.39 is 16.8 Å². The van der Waals surface area contributed by atoms with Crippen LogP contribution in [0.3, 0.4) is 0 Å². The zero-order valence-corrected chi connectivity index (χ0v) is 9.42. The largest absolute Gasteiger partial charge is 0.481 e. The van der Waals surface area contributed by atoms with Crippen molar-refractivity contribution in [3.05, 3.63) is 0 Å². The number of amides is 1. The van der Waals surface area contributed by atoms with Crippen LogP contribution >= 0.6 is 0 Å². The van der Waals surface area contributed by atoms with E-state index in [2.05, 4.69) is 0 Å². The van der Waals surface area contributed by atoms with Crippen LogP contribution in [0.1, 0.15) is 6.92 Å². The standard InChI is InChI=1S/C3H7NO.C2H4O2.C2H6OS/c1-4(2)3-5;1-2(3)4;1-4(2)3/h3H,1-2H3;1H3,(H,3,4);1-2H3. The second-order valence-electron chi connectivity index (χ2n) is 2.33. The number of hydrogen-bond acceptors (Lipinski definition) is 3. The highest BCUT2D eigenvalue weighted by atomic mass is 32.2. The molecule has 0 aromatic carbocycles. The van der Waals surface area contributed by atoms with E-state index in [0.717, 1.165) is 13.3 Å². The molecule has 0 saturated heterocycles. The first-order valence-corrected chi connectivity index (χ1v) is 5.27. The van der Waals surface area contributed by atoms with E-state index in [1.807, 2.05) is 0 Å². The van der Waals surface area contributed by atoms with Crippen molar-refractivity contribution in [2.75, 3.05) is 26.6 Å². The second kappa shape index (κ2) is 13.7. The van der Waals surface area contributed by atoms with Crippen LogP contribution in [-0.4, -0.2) is 53.2 Å². The first-order valence-electron chi connectivity index (χ1n) is 3.30. The molecular formula is C7H17NO4S. The number of nitrogens with zero attached hydrogens (tertiary/aromatic N) is 1. The van der Waals surface area contributed by atoms with Gasteiger partial charge in [-0.15, -0.1) is 0 Å². The number of rotatable bonds is 1. The summed E-state index contributed by atoms with van der Waals surface area (Å²) in [6.45, 7) is 1.08. The van der Waals surface area contributed by atoms with Crippen molar-refractivity contribution in [1.82, 2.24) is 4.90 Å². The Labute approximate surface area is 81.2 Å². The molecule has 0 aliphatic carbocycles. The Morgan fingerprint density at radius 2 is 1.46 bits per heavy atom. The first-order chi connectivity index (χ1) is 5.73. The molecule has 0 bridgehead atoms. The number of carbonyl (C=O) groups excluding carboxylic acids is 1. The van der Waals surface area contributed by atoms with E-state index in [1.54, 1.807) is 26.6 Å². The quantitative estimate of drug-likeness (QED) is 0.609. The van der Waals surface area contributed by atoms with Gasteiger partial charge < -0.3 is 10.0 Å². The number of aliphatic carboxylic acids is 1. The average molecular weight is 211 g/mol. The number of carboxylic acids is 1. The van der Waals surface area contributed by atoms with Crippen molar-refractivity contribution in [2.45, 2.75) is 6.92 Å². The minimum absolute atomic E-state index is 0.611. The zero-order chi connectivity index (χ0) is 11.4. The maximum Gasteiger partial charge on any atom is 0.300 e. The summed E-state index contributed by atoms with van der Waals surface area (Å²) < 4.78 is 9.56. The lowest BCUT2D eigenvalue weighted by atomic mass is 10.9. The van der Waals surface area contributed by atoms with Gasteiger partial charge in [0.05, 0.1) is 0 Å². The van der Waals surface area contributed by atoms with Gasteiger partial charge in [0.1, 0.15) is 0 Å². The van der Waals surface area contributed by atoms with Crippen LogP contribution in [0.4, 0.5) is 0 Å². The average Bonchev–Trinajstić information content (AvgIpc) is 1.84. The molecule has 0 fully saturated rings. The minimum atomic E-state index is -0.833. The van der Waals surface area contributed by atoms with Gasteiger partial charge in [-0.3, -0.25) is 13.8 Å². The summed E-state index contributed by atoms with van der Waals surface area (Å²) >= 11 is 0. The van der Waals surface area contributed by atoms with Crippen LogP contribution in [-0.2, 0) is 20.4 Å². The van der Waals surface area contributed by atoms with Gasteiger partial charge in [-0.25, -0.2) is 0 Å². The molecule has 0 spiro atoms. The minimum Gasteiger partial charge on any atom is -0.481 e. The second-order valence-corrected chi connectivity index (χ2v) is 3.81. The van der Waals surface area contributed by atoms with E-state index in [4.69, 9.17) is 9.90 Å². The van der Waals surface area contributed by atoms with Crippen molar-refractivity contribution in [3.8, 4) is 0 Å². The molecule has 5 nitrogen and oxygen atoms in total. The van der Waals surface area contributed by atoms with Crippen LogP contribution in [0.2, 0.25) is 0 Å². The lowest BCUT2D eigenvalue weighted by molar-refractivity contribution is -0.134. The SMILES string of the molecule is CC(=O)O.CN(C)C=O.CS(C)=O. The molecule has 0 aliphatic heterocycles. The first kappa shape index (κ1) is 18.0. The molecular weight excluding hydrogens is 194 g/mol. The molecule has 0 unspecified atom stereocenters. The Kier molecular flexibility index (Phi) is 18.9. The zero-order valence-electron chi connectivity index (χ0n) is 8.60. The fourth-order valence-corrected chi connectivity index (χ4v) is 0. The molecule has 0 aliphatic rings. The normalized spacial score (nSPS) is 7.23. The predicted molar refractivity (Wildman–Crippen MR) is 53.1 cm³/mol.